The molecule has 152 valence electrons. The van der Waals surface area contributed by atoms with Crippen molar-refractivity contribution in [3.8, 4) is 5.75 Å². The van der Waals surface area contributed by atoms with Gasteiger partial charge in [-0.1, -0.05) is 37.6 Å². The summed E-state index contributed by atoms with van der Waals surface area (Å²) in [7, 11) is -3.52. The van der Waals surface area contributed by atoms with Crippen molar-refractivity contribution in [1.29, 1.82) is 0 Å². The fourth-order valence-electron chi connectivity index (χ4n) is 2.73. The fraction of sp³-hybridized carbons (Fsp3) is 0.381. The standard InChI is InChI=1S/C21H28N2O4S/c1-4-6-15-22-21(24)18-13-11-17(12-14-18)16-23(28(3,25)26)19-9-7-8-10-20(19)27-5-2/h7-14H,4-6,15-16H2,1-3H3,(H,22,24). The van der Waals surface area contributed by atoms with Crippen LogP contribution in [0.4, 0.5) is 5.69 Å². The van der Waals surface area contributed by atoms with Crippen LogP contribution in [0.25, 0.3) is 0 Å². The lowest BCUT2D eigenvalue weighted by molar-refractivity contribution is 0.0953. The molecule has 0 aliphatic rings. The van der Waals surface area contributed by atoms with Crippen LogP contribution in [0.2, 0.25) is 0 Å². The number of amides is 1. The quantitative estimate of drug-likeness (QED) is 0.614. The van der Waals surface area contributed by atoms with E-state index in [0.29, 0.717) is 30.2 Å². The summed E-state index contributed by atoms with van der Waals surface area (Å²) in [5.41, 5.74) is 1.83. The number of benzene rings is 2. The van der Waals surface area contributed by atoms with Crippen LogP contribution in [-0.2, 0) is 16.6 Å². The van der Waals surface area contributed by atoms with Crippen molar-refractivity contribution in [2.75, 3.05) is 23.7 Å². The number of nitrogens with one attached hydrogen (secondary N) is 1. The molecule has 0 unspecified atom stereocenters. The molecule has 2 aromatic carbocycles. The van der Waals surface area contributed by atoms with Crippen molar-refractivity contribution >= 4 is 21.6 Å². The summed E-state index contributed by atoms with van der Waals surface area (Å²) in [6.07, 6.45) is 3.13. The van der Waals surface area contributed by atoms with Crippen LogP contribution in [0, 0.1) is 0 Å². The molecule has 1 amide bonds. The predicted octanol–water partition coefficient (Wildman–Crippen LogP) is 3.58. The first kappa shape index (κ1) is 21.8. The highest BCUT2D eigenvalue weighted by Crippen LogP contribution is 2.31. The number of carbonyl (C=O) groups is 1. The van der Waals surface area contributed by atoms with Crippen LogP contribution in [0.3, 0.4) is 0 Å². The van der Waals surface area contributed by atoms with Crippen molar-refractivity contribution in [2.24, 2.45) is 0 Å². The lowest BCUT2D eigenvalue weighted by Crippen LogP contribution is -2.30. The van der Waals surface area contributed by atoms with Gasteiger partial charge in [0.05, 0.1) is 25.1 Å². The lowest BCUT2D eigenvalue weighted by atomic mass is 10.1. The largest absolute Gasteiger partial charge is 0.492 e. The molecule has 2 aromatic rings. The Morgan fingerprint density at radius 3 is 2.36 bits per heavy atom. The molecule has 0 bridgehead atoms. The number of rotatable bonds is 10. The molecule has 0 aliphatic carbocycles. The van der Waals surface area contributed by atoms with Crippen LogP contribution < -0.4 is 14.4 Å². The Balaban J connectivity index is 2.21. The van der Waals surface area contributed by atoms with Gasteiger partial charge in [-0.2, -0.15) is 0 Å². The Kier molecular flexibility index (Phi) is 7.87. The van der Waals surface area contributed by atoms with E-state index in [-0.39, 0.29) is 12.5 Å². The second-order valence-electron chi connectivity index (χ2n) is 6.48. The number of hydrogen-bond donors (Lipinski definition) is 1. The molecule has 2 rings (SSSR count). The van der Waals surface area contributed by atoms with Crippen LogP contribution in [0.15, 0.2) is 48.5 Å². The Hall–Kier alpha value is -2.54. The van der Waals surface area contributed by atoms with Crippen molar-refractivity contribution < 1.29 is 17.9 Å². The fourth-order valence-corrected chi connectivity index (χ4v) is 3.62. The van der Waals surface area contributed by atoms with E-state index in [9.17, 15) is 13.2 Å². The molecule has 0 heterocycles. The maximum atomic E-state index is 12.4. The molecule has 0 saturated heterocycles. The number of nitrogens with zero attached hydrogens (tertiary/aromatic N) is 1. The van der Waals surface area contributed by atoms with E-state index in [1.807, 2.05) is 6.92 Å². The Morgan fingerprint density at radius 1 is 1.07 bits per heavy atom. The smallest absolute Gasteiger partial charge is 0.251 e. The Labute approximate surface area is 167 Å². The van der Waals surface area contributed by atoms with Gasteiger partial charge in [-0.05, 0) is 43.2 Å². The number of unbranched alkanes of at least 4 members (excludes halogenated alkanes) is 1. The van der Waals surface area contributed by atoms with E-state index in [0.717, 1.165) is 18.4 Å². The highest BCUT2D eigenvalue weighted by molar-refractivity contribution is 7.92. The highest BCUT2D eigenvalue weighted by Gasteiger charge is 2.21. The summed E-state index contributed by atoms with van der Waals surface area (Å²) < 4.78 is 31.7. The van der Waals surface area contributed by atoms with Gasteiger partial charge in [-0.25, -0.2) is 8.42 Å². The molecular formula is C21H28N2O4S. The zero-order chi connectivity index (χ0) is 20.6. The lowest BCUT2D eigenvalue weighted by Gasteiger charge is -2.24. The van der Waals surface area contributed by atoms with Gasteiger partial charge >= 0.3 is 0 Å². The van der Waals surface area contributed by atoms with Gasteiger partial charge in [0.15, 0.2) is 0 Å². The van der Waals surface area contributed by atoms with Gasteiger partial charge in [0.1, 0.15) is 5.75 Å². The monoisotopic (exact) mass is 404 g/mol. The van der Waals surface area contributed by atoms with Gasteiger partial charge in [-0.15, -0.1) is 0 Å². The zero-order valence-electron chi connectivity index (χ0n) is 16.6. The van der Waals surface area contributed by atoms with Crippen LogP contribution in [-0.4, -0.2) is 33.7 Å². The number of para-hydroxylation sites is 2. The minimum atomic E-state index is -3.52. The molecular weight excluding hydrogens is 376 g/mol. The summed E-state index contributed by atoms with van der Waals surface area (Å²) in [4.78, 5) is 12.1. The van der Waals surface area contributed by atoms with E-state index < -0.39 is 10.0 Å². The second kappa shape index (κ2) is 10.1. The average molecular weight is 405 g/mol. The van der Waals surface area contributed by atoms with Crippen LogP contribution in [0.5, 0.6) is 5.75 Å². The summed E-state index contributed by atoms with van der Waals surface area (Å²) >= 11 is 0. The SMILES string of the molecule is CCCCNC(=O)c1ccc(CN(c2ccccc2OCC)S(C)(=O)=O)cc1. The van der Waals surface area contributed by atoms with Gasteiger partial charge in [-0.3, -0.25) is 9.10 Å². The molecule has 7 heteroatoms. The molecule has 6 nitrogen and oxygen atoms in total. The molecule has 0 spiro atoms. The summed E-state index contributed by atoms with van der Waals surface area (Å²) in [6.45, 7) is 5.16. The van der Waals surface area contributed by atoms with Crippen molar-refractivity contribution in [2.45, 2.75) is 33.2 Å². The molecule has 0 saturated carbocycles. The zero-order valence-corrected chi connectivity index (χ0v) is 17.5. The van der Waals surface area contributed by atoms with Gasteiger partial charge < -0.3 is 10.1 Å². The summed E-state index contributed by atoms with van der Waals surface area (Å²) in [5, 5.41) is 2.87. The van der Waals surface area contributed by atoms with Gasteiger partial charge in [0.2, 0.25) is 10.0 Å². The van der Waals surface area contributed by atoms with Gasteiger partial charge in [0, 0.05) is 12.1 Å². The number of hydrogen-bond acceptors (Lipinski definition) is 4. The third-order valence-electron chi connectivity index (χ3n) is 4.19. The normalized spacial score (nSPS) is 11.1. The minimum Gasteiger partial charge on any atom is -0.492 e. The number of anilines is 1. The first-order valence-corrected chi connectivity index (χ1v) is 11.3. The number of ether oxygens (including phenoxy) is 1. The first-order chi connectivity index (χ1) is 13.4. The van der Waals surface area contributed by atoms with Crippen LogP contribution in [0.1, 0.15) is 42.6 Å². The first-order valence-electron chi connectivity index (χ1n) is 9.43. The average Bonchev–Trinajstić information content (AvgIpc) is 2.67. The topological polar surface area (TPSA) is 75.7 Å². The Morgan fingerprint density at radius 2 is 1.75 bits per heavy atom. The number of carbonyl (C=O) groups excluding carboxylic acids is 1. The molecule has 0 radical (unpaired) electrons. The second-order valence-corrected chi connectivity index (χ2v) is 8.38. The minimum absolute atomic E-state index is 0.123. The molecule has 28 heavy (non-hydrogen) atoms. The van der Waals surface area contributed by atoms with Crippen molar-refractivity contribution in [1.82, 2.24) is 5.32 Å². The molecule has 1 N–H and O–H groups in total. The van der Waals surface area contributed by atoms with Crippen molar-refractivity contribution in [3.63, 3.8) is 0 Å². The molecule has 0 aromatic heterocycles. The van der Waals surface area contributed by atoms with E-state index in [1.165, 1.54) is 10.6 Å². The highest BCUT2D eigenvalue weighted by atomic mass is 32.2. The van der Waals surface area contributed by atoms with Crippen LogP contribution >= 0.6 is 0 Å². The molecule has 0 fully saturated rings. The maximum absolute atomic E-state index is 12.4. The predicted molar refractivity (Wildman–Crippen MR) is 112 cm³/mol. The summed E-state index contributed by atoms with van der Waals surface area (Å²) in [5.74, 6) is 0.393. The Bertz CT molecular complexity index is 880. The molecule has 0 aliphatic heterocycles. The van der Waals surface area contributed by atoms with E-state index in [4.69, 9.17) is 4.74 Å². The maximum Gasteiger partial charge on any atom is 0.251 e. The molecule has 0 atom stereocenters. The van der Waals surface area contributed by atoms with E-state index >= 15 is 0 Å². The van der Waals surface area contributed by atoms with E-state index in [1.54, 1.807) is 48.5 Å². The third-order valence-corrected chi connectivity index (χ3v) is 5.32. The third kappa shape index (κ3) is 5.99. The van der Waals surface area contributed by atoms with Crippen molar-refractivity contribution in [3.05, 3.63) is 59.7 Å². The number of sulfonamides is 1. The summed E-state index contributed by atoms with van der Waals surface area (Å²) in [6, 6.07) is 14.0. The van der Waals surface area contributed by atoms with Gasteiger partial charge in [0.25, 0.3) is 5.91 Å². The van der Waals surface area contributed by atoms with E-state index in [2.05, 4.69) is 12.2 Å².